The average Bonchev–Trinajstić information content (AvgIpc) is 3.35. The zero-order valence-electron chi connectivity index (χ0n) is 15.1. The second kappa shape index (κ2) is 7.93. The van der Waals surface area contributed by atoms with E-state index in [1.807, 2.05) is 30.3 Å². The van der Waals surface area contributed by atoms with Crippen molar-refractivity contribution in [2.75, 3.05) is 0 Å². The minimum Gasteiger partial charge on any atom is -0.459 e. The van der Waals surface area contributed by atoms with Crippen molar-refractivity contribution in [2.24, 2.45) is 0 Å². The van der Waals surface area contributed by atoms with Crippen molar-refractivity contribution in [3.05, 3.63) is 88.9 Å². The lowest BCUT2D eigenvalue weighted by molar-refractivity contribution is -0.146. The number of benzene rings is 2. The highest BCUT2D eigenvalue weighted by Gasteiger charge is 2.14. The molecule has 0 unspecified atom stereocenters. The molecule has 8 nitrogen and oxygen atoms in total. The first-order chi connectivity index (χ1) is 14.1. The van der Waals surface area contributed by atoms with Gasteiger partial charge in [-0.15, -0.1) is 5.10 Å². The van der Waals surface area contributed by atoms with Crippen LogP contribution in [0.2, 0.25) is 0 Å². The molecule has 2 aromatic carbocycles. The Hall–Kier alpha value is -4.01. The Labute approximate surface area is 163 Å². The van der Waals surface area contributed by atoms with E-state index in [1.165, 1.54) is 24.3 Å². The second-order valence-corrected chi connectivity index (χ2v) is 6.13. The minimum atomic E-state index is -0.807. The Balaban J connectivity index is 1.37. The van der Waals surface area contributed by atoms with E-state index in [4.69, 9.17) is 9.15 Å². The summed E-state index contributed by atoms with van der Waals surface area (Å²) in [4.78, 5) is 24.0. The van der Waals surface area contributed by atoms with Crippen LogP contribution in [0.1, 0.15) is 5.56 Å². The van der Waals surface area contributed by atoms with Crippen LogP contribution in [0, 0.1) is 5.82 Å². The van der Waals surface area contributed by atoms with Crippen LogP contribution in [0.4, 0.5) is 4.39 Å². The molecule has 0 amide bonds. The summed E-state index contributed by atoms with van der Waals surface area (Å²) in [5.41, 5.74) is 2.00. The van der Waals surface area contributed by atoms with Gasteiger partial charge in [0.2, 0.25) is 5.89 Å². The molecule has 4 aromatic rings. The summed E-state index contributed by atoms with van der Waals surface area (Å²) in [6.07, 6.45) is 3.34. The summed E-state index contributed by atoms with van der Waals surface area (Å²) < 4.78 is 25.7. The summed E-state index contributed by atoms with van der Waals surface area (Å²) in [5.74, 6) is -1.89. The van der Waals surface area contributed by atoms with Crippen molar-refractivity contribution >= 4 is 5.97 Å². The van der Waals surface area contributed by atoms with E-state index < -0.39 is 24.1 Å². The maximum absolute atomic E-state index is 13.0. The van der Waals surface area contributed by atoms with Crippen LogP contribution in [0.15, 0.2) is 76.2 Å². The number of ether oxygens (including phenoxy) is 1. The maximum atomic E-state index is 13.0. The number of hydrogen-bond donors (Lipinski definition) is 0. The summed E-state index contributed by atoms with van der Waals surface area (Å²) >= 11 is 0. The zero-order valence-corrected chi connectivity index (χ0v) is 15.1. The molecule has 2 heterocycles. The Kier molecular flexibility index (Phi) is 5.02. The van der Waals surface area contributed by atoms with Gasteiger partial charge in [-0.1, -0.05) is 18.2 Å². The quantitative estimate of drug-likeness (QED) is 0.467. The molecule has 0 radical (unpaired) electrons. The standard InChI is InChI=1S/C20H15FN4O4/c21-16-8-6-15(7-9-16)19-23-25(20(27)29-19)12-18(26)28-13-14-10-22-24(11-14)17-4-2-1-3-5-17/h1-11H,12-13H2. The molecule has 0 aliphatic carbocycles. The third kappa shape index (κ3) is 4.29. The Morgan fingerprint density at radius 1 is 1.10 bits per heavy atom. The summed E-state index contributed by atoms with van der Waals surface area (Å²) in [7, 11) is 0. The summed E-state index contributed by atoms with van der Waals surface area (Å²) in [5, 5.41) is 8.17. The smallest absolute Gasteiger partial charge is 0.437 e. The van der Waals surface area contributed by atoms with Gasteiger partial charge < -0.3 is 9.15 Å². The number of nitrogens with zero attached hydrogens (tertiary/aromatic N) is 4. The van der Waals surface area contributed by atoms with Crippen LogP contribution < -0.4 is 5.76 Å². The molecule has 0 N–H and O–H groups in total. The van der Waals surface area contributed by atoms with E-state index in [1.54, 1.807) is 17.1 Å². The minimum absolute atomic E-state index is 0.00306. The van der Waals surface area contributed by atoms with Crippen LogP contribution in [0.3, 0.4) is 0 Å². The first-order valence-electron chi connectivity index (χ1n) is 8.67. The van der Waals surface area contributed by atoms with Gasteiger partial charge in [0.05, 0.1) is 11.9 Å². The molecule has 29 heavy (non-hydrogen) atoms. The molecule has 2 aromatic heterocycles. The van der Waals surface area contributed by atoms with Crippen LogP contribution in [-0.2, 0) is 22.7 Å². The number of rotatable bonds is 6. The number of carbonyl (C=O) groups excluding carboxylic acids is 1. The van der Waals surface area contributed by atoms with Gasteiger partial charge in [0, 0.05) is 17.3 Å². The van der Waals surface area contributed by atoms with E-state index in [2.05, 4.69) is 10.2 Å². The molecular formula is C20H15FN4O4. The number of hydrogen-bond acceptors (Lipinski definition) is 6. The first kappa shape index (κ1) is 18.4. The third-order valence-corrected chi connectivity index (χ3v) is 4.03. The predicted molar refractivity (Wildman–Crippen MR) is 99.5 cm³/mol. The van der Waals surface area contributed by atoms with Crippen molar-refractivity contribution in [3.63, 3.8) is 0 Å². The van der Waals surface area contributed by atoms with Crippen molar-refractivity contribution in [2.45, 2.75) is 13.2 Å². The molecule has 4 rings (SSSR count). The monoisotopic (exact) mass is 394 g/mol. The first-order valence-corrected chi connectivity index (χ1v) is 8.67. The highest BCUT2D eigenvalue weighted by molar-refractivity contribution is 5.69. The van der Waals surface area contributed by atoms with E-state index in [0.29, 0.717) is 11.1 Å². The number of para-hydroxylation sites is 1. The fourth-order valence-electron chi connectivity index (χ4n) is 2.60. The van der Waals surface area contributed by atoms with Crippen molar-refractivity contribution in [3.8, 4) is 17.1 Å². The number of halogens is 1. The molecule has 0 aliphatic rings. The van der Waals surface area contributed by atoms with Crippen LogP contribution in [-0.4, -0.2) is 25.5 Å². The molecule has 0 atom stereocenters. The topological polar surface area (TPSA) is 92.2 Å². The maximum Gasteiger partial charge on any atom is 0.437 e. The molecule has 0 aliphatic heterocycles. The van der Waals surface area contributed by atoms with Crippen LogP contribution >= 0.6 is 0 Å². The third-order valence-electron chi connectivity index (χ3n) is 4.03. The predicted octanol–water partition coefficient (Wildman–Crippen LogP) is 2.57. The van der Waals surface area contributed by atoms with Gasteiger partial charge in [-0.05, 0) is 36.4 Å². The highest BCUT2D eigenvalue weighted by Crippen LogP contribution is 2.15. The number of carbonyl (C=O) groups is 1. The molecule has 0 saturated carbocycles. The molecule has 0 bridgehead atoms. The molecule has 9 heteroatoms. The van der Waals surface area contributed by atoms with Gasteiger partial charge in [0.1, 0.15) is 19.0 Å². The Bertz CT molecular complexity index is 1180. The van der Waals surface area contributed by atoms with Gasteiger partial charge in [0.25, 0.3) is 0 Å². The van der Waals surface area contributed by atoms with Crippen molar-refractivity contribution in [1.29, 1.82) is 0 Å². The van der Waals surface area contributed by atoms with E-state index in [9.17, 15) is 14.0 Å². The number of aromatic nitrogens is 4. The van der Waals surface area contributed by atoms with Gasteiger partial charge in [-0.25, -0.2) is 13.9 Å². The van der Waals surface area contributed by atoms with Crippen molar-refractivity contribution in [1.82, 2.24) is 19.6 Å². The van der Waals surface area contributed by atoms with E-state index in [0.717, 1.165) is 10.4 Å². The lowest BCUT2D eigenvalue weighted by Crippen LogP contribution is -2.22. The highest BCUT2D eigenvalue weighted by atomic mass is 19.1. The SMILES string of the molecule is O=C(Cn1nc(-c2ccc(F)cc2)oc1=O)OCc1cnn(-c2ccccc2)c1. The zero-order chi connectivity index (χ0) is 20.2. The second-order valence-electron chi connectivity index (χ2n) is 6.13. The number of esters is 1. The Morgan fingerprint density at radius 3 is 2.62 bits per heavy atom. The van der Waals surface area contributed by atoms with Crippen molar-refractivity contribution < 1.29 is 18.3 Å². The van der Waals surface area contributed by atoms with Gasteiger partial charge in [-0.3, -0.25) is 4.79 Å². The lowest BCUT2D eigenvalue weighted by Gasteiger charge is -2.02. The lowest BCUT2D eigenvalue weighted by atomic mass is 10.2. The normalized spacial score (nSPS) is 10.8. The summed E-state index contributed by atoms with van der Waals surface area (Å²) in [6.45, 7) is -0.403. The Morgan fingerprint density at radius 2 is 1.86 bits per heavy atom. The van der Waals surface area contributed by atoms with E-state index >= 15 is 0 Å². The fourth-order valence-corrected chi connectivity index (χ4v) is 2.60. The van der Waals surface area contributed by atoms with E-state index in [-0.39, 0.29) is 12.5 Å². The average molecular weight is 394 g/mol. The summed E-state index contributed by atoms with van der Waals surface area (Å²) in [6, 6.07) is 14.8. The molecule has 0 fully saturated rings. The van der Waals surface area contributed by atoms with Crippen LogP contribution in [0.5, 0.6) is 0 Å². The molecule has 0 spiro atoms. The fraction of sp³-hybridized carbons (Fsp3) is 0.100. The van der Waals surface area contributed by atoms with Crippen LogP contribution in [0.25, 0.3) is 17.1 Å². The van der Waals surface area contributed by atoms with Gasteiger partial charge >= 0.3 is 11.7 Å². The van der Waals surface area contributed by atoms with Gasteiger partial charge in [0.15, 0.2) is 0 Å². The molecule has 0 saturated heterocycles. The van der Waals surface area contributed by atoms with Gasteiger partial charge in [-0.2, -0.15) is 9.78 Å². The largest absolute Gasteiger partial charge is 0.459 e. The molecular weight excluding hydrogens is 379 g/mol. The molecule has 146 valence electrons.